The third kappa shape index (κ3) is 2.93. The first-order valence-electron chi connectivity index (χ1n) is 4.43. The molecule has 0 N–H and O–H groups in total. The maximum Gasteiger partial charge on any atom is 0.558 e. The predicted molar refractivity (Wildman–Crippen MR) is 49.3 cm³/mol. The number of carbonyl (C=O) groups is 1. The lowest BCUT2D eigenvalue weighted by atomic mass is 10.1. The highest BCUT2D eigenvalue weighted by Crippen LogP contribution is 2.39. The summed E-state index contributed by atoms with van der Waals surface area (Å²) in [7, 11) is -2.02. The number of carbonyl (C=O) groups excluding carboxylic acids is 1. The van der Waals surface area contributed by atoms with E-state index in [-0.39, 0.29) is 6.61 Å². The van der Waals surface area contributed by atoms with Gasteiger partial charge in [-0.15, -0.1) is 4.52 Å². The van der Waals surface area contributed by atoms with Crippen LogP contribution < -0.4 is 0 Å². The monoisotopic (exact) mass is 221 g/mol. The van der Waals surface area contributed by atoms with Crippen molar-refractivity contribution < 1.29 is 23.4 Å². The summed E-state index contributed by atoms with van der Waals surface area (Å²) in [6.45, 7) is 5.60. The smallest absolute Gasteiger partial charge is 0.425 e. The van der Waals surface area contributed by atoms with Gasteiger partial charge in [-0.2, -0.15) is 0 Å². The van der Waals surface area contributed by atoms with Crippen molar-refractivity contribution in [1.29, 1.82) is 0 Å². The zero-order valence-corrected chi connectivity index (χ0v) is 9.37. The van der Waals surface area contributed by atoms with E-state index in [0.29, 0.717) is 0 Å². The van der Waals surface area contributed by atoms with E-state index in [2.05, 4.69) is 9.47 Å². The van der Waals surface area contributed by atoms with Crippen molar-refractivity contribution >= 4 is 14.2 Å². The maximum absolute atomic E-state index is 11.5. The maximum atomic E-state index is 11.5. The van der Waals surface area contributed by atoms with E-state index in [1.165, 1.54) is 0 Å². The topological polar surface area (TPSA) is 61.8 Å². The second-order valence-electron chi connectivity index (χ2n) is 3.62. The second-order valence-corrected chi connectivity index (χ2v) is 4.95. The molecular weight excluding hydrogens is 207 g/mol. The van der Waals surface area contributed by atoms with Crippen LogP contribution in [0.5, 0.6) is 0 Å². The van der Waals surface area contributed by atoms with Crippen molar-refractivity contribution in [2.24, 2.45) is 0 Å². The molecule has 1 aliphatic heterocycles. The van der Waals surface area contributed by atoms with Gasteiger partial charge in [0.15, 0.2) is 6.61 Å². The van der Waals surface area contributed by atoms with E-state index in [4.69, 9.17) is 4.52 Å². The second kappa shape index (κ2) is 4.24. The molecule has 0 aliphatic carbocycles. The van der Waals surface area contributed by atoms with E-state index < -0.39 is 25.6 Å². The fraction of sp³-hybridized carbons (Fsp3) is 0.875. The van der Waals surface area contributed by atoms with Crippen LogP contribution in [0.15, 0.2) is 0 Å². The summed E-state index contributed by atoms with van der Waals surface area (Å²) in [6, 6.07) is 0. The molecule has 5 nitrogen and oxygen atoms in total. The van der Waals surface area contributed by atoms with Gasteiger partial charge in [0.2, 0.25) is 0 Å². The highest BCUT2D eigenvalue weighted by Gasteiger charge is 2.46. The summed E-state index contributed by atoms with van der Waals surface area (Å²) in [5.41, 5.74) is -0.470. The third-order valence-electron chi connectivity index (χ3n) is 2.00. The van der Waals surface area contributed by atoms with E-state index in [1.54, 1.807) is 0 Å². The fourth-order valence-corrected chi connectivity index (χ4v) is 1.89. The first-order chi connectivity index (χ1) is 6.44. The predicted octanol–water partition coefficient (Wildman–Crippen LogP) is 2.43. The minimum Gasteiger partial charge on any atom is -0.425 e. The van der Waals surface area contributed by atoms with Crippen LogP contribution in [-0.2, 0) is 18.6 Å². The highest BCUT2D eigenvalue weighted by molar-refractivity contribution is 7.39. The zero-order chi connectivity index (χ0) is 10.8. The van der Waals surface area contributed by atoms with Crippen molar-refractivity contribution in [2.75, 3.05) is 6.61 Å². The summed E-state index contributed by atoms with van der Waals surface area (Å²) < 4.78 is 26.0. The van der Waals surface area contributed by atoms with Gasteiger partial charge >= 0.3 is 20.0 Å². The quantitative estimate of drug-likeness (QED) is 0.538. The normalized spacial score (nSPS) is 22.9. The molecule has 0 amide bonds. The Hall–Kier alpha value is -0.670. The zero-order valence-electron chi connectivity index (χ0n) is 8.48. The molecule has 1 rings (SSSR count). The Kier molecular flexibility index (Phi) is 3.45. The minimum absolute atomic E-state index is 0.00777. The third-order valence-corrected chi connectivity index (χ3v) is 3.40. The van der Waals surface area contributed by atoms with E-state index in [0.717, 1.165) is 6.42 Å². The molecule has 2 atom stereocenters. The Morgan fingerprint density at radius 1 is 1.64 bits per heavy atom. The first kappa shape index (κ1) is 11.4. The molecule has 0 saturated carbocycles. The van der Waals surface area contributed by atoms with Gasteiger partial charge in [-0.25, -0.2) is 4.79 Å². The Morgan fingerprint density at radius 2 is 2.29 bits per heavy atom. The lowest BCUT2D eigenvalue weighted by Gasteiger charge is -2.14. The van der Waals surface area contributed by atoms with Crippen LogP contribution in [0.2, 0.25) is 0 Å². The van der Waals surface area contributed by atoms with Gasteiger partial charge in [-0.1, -0.05) is 6.92 Å². The molecule has 1 fully saturated rings. The average molecular weight is 221 g/mol. The number of hydrogen-bond donors (Lipinski definition) is 0. The standard InChI is InChI=1S/C8H14O5P/c1-4-8(2,3)13-14(10)6-5-11-7(9)12-6/h6H,4-5H2,1-3H3/q+1. The average Bonchev–Trinajstić information content (AvgIpc) is 2.51. The molecule has 0 aromatic rings. The molecule has 14 heavy (non-hydrogen) atoms. The largest absolute Gasteiger partial charge is 0.558 e. The van der Waals surface area contributed by atoms with Crippen LogP contribution >= 0.6 is 8.03 Å². The summed E-state index contributed by atoms with van der Waals surface area (Å²) in [4.78, 5) is 10.6. The van der Waals surface area contributed by atoms with Gasteiger partial charge in [-0.05, 0) is 24.8 Å². The van der Waals surface area contributed by atoms with Crippen molar-refractivity contribution in [2.45, 2.75) is 38.6 Å². The van der Waals surface area contributed by atoms with Gasteiger partial charge < -0.3 is 9.47 Å². The lowest BCUT2D eigenvalue weighted by molar-refractivity contribution is 0.0983. The molecule has 80 valence electrons. The summed E-state index contributed by atoms with van der Waals surface area (Å²) in [5.74, 6) is -0.761. The molecule has 1 aliphatic rings. The molecule has 0 radical (unpaired) electrons. The highest BCUT2D eigenvalue weighted by atomic mass is 31.1. The van der Waals surface area contributed by atoms with Crippen LogP contribution in [0.25, 0.3) is 0 Å². The van der Waals surface area contributed by atoms with Crippen LogP contribution in [0.1, 0.15) is 27.2 Å². The Morgan fingerprint density at radius 3 is 2.71 bits per heavy atom. The molecule has 0 spiro atoms. The van der Waals surface area contributed by atoms with Crippen molar-refractivity contribution in [1.82, 2.24) is 0 Å². The summed E-state index contributed by atoms with van der Waals surface area (Å²) in [5, 5.41) is 0. The van der Waals surface area contributed by atoms with Crippen molar-refractivity contribution in [3.05, 3.63) is 0 Å². The van der Waals surface area contributed by atoms with E-state index >= 15 is 0 Å². The number of hydrogen-bond acceptors (Lipinski definition) is 5. The minimum atomic E-state index is -2.02. The number of cyclic esters (lactones) is 2. The van der Waals surface area contributed by atoms with Gasteiger partial charge in [0.05, 0.1) is 0 Å². The van der Waals surface area contributed by atoms with Crippen LogP contribution in [0.4, 0.5) is 4.79 Å². The van der Waals surface area contributed by atoms with Crippen LogP contribution in [-0.4, -0.2) is 24.2 Å². The van der Waals surface area contributed by atoms with E-state index in [1.807, 2.05) is 20.8 Å². The first-order valence-corrected chi connectivity index (χ1v) is 5.68. The lowest BCUT2D eigenvalue weighted by Crippen LogP contribution is -2.21. The molecule has 1 saturated heterocycles. The molecule has 1 heterocycles. The summed E-state index contributed by atoms with van der Waals surface area (Å²) >= 11 is 0. The van der Waals surface area contributed by atoms with Gasteiger partial charge in [-0.3, -0.25) is 0 Å². The van der Waals surface area contributed by atoms with Crippen molar-refractivity contribution in [3.63, 3.8) is 0 Å². The summed E-state index contributed by atoms with van der Waals surface area (Å²) in [6.07, 6.45) is -0.0495. The van der Waals surface area contributed by atoms with Gasteiger partial charge in [0, 0.05) is 0 Å². The number of ether oxygens (including phenoxy) is 2. The molecule has 2 unspecified atom stereocenters. The van der Waals surface area contributed by atoms with Gasteiger partial charge in [0.25, 0.3) is 0 Å². The van der Waals surface area contributed by atoms with E-state index in [9.17, 15) is 9.36 Å². The molecule has 0 bridgehead atoms. The SMILES string of the molecule is CCC(C)(C)O[P+](=O)C1COC(=O)O1. The van der Waals surface area contributed by atoms with Gasteiger partial charge in [0.1, 0.15) is 5.60 Å². The Labute approximate surface area is 83.6 Å². The number of rotatable bonds is 4. The molecule has 0 aromatic carbocycles. The molecule has 6 heteroatoms. The van der Waals surface area contributed by atoms with Crippen LogP contribution in [0, 0.1) is 0 Å². The molecule has 0 aromatic heterocycles. The fourth-order valence-electron chi connectivity index (χ4n) is 0.789. The van der Waals surface area contributed by atoms with Crippen molar-refractivity contribution in [3.8, 4) is 0 Å². The Balaban J connectivity index is 2.46. The molecular formula is C8H14O5P+. The Bertz CT molecular complexity index is 250. The van der Waals surface area contributed by atoms with Crippen LogP contribution in [0.3, 0.4) is 0 Å².